The maximum absolute atomic E-state index is 11.7. The van der Waals surface area contributed by atoms with Gasteiger partial charge in [-0.15, -0.1) is 0 Å². The van der Waals surface area contributed by atoms with Crippen LogP contribution in [-0.2, 0) is 0 Å². The quantitative estimate of drug-likeness (QED) is 0.714. The topological polar surface area (TPSA) is 88.0 Å². The lowest BCUT2D eigenvalue weighted by Gasteiger charge is -1.98. The molecule has 2 aromatic rings. The fraction of sp³-hybridized carbons (Fsp3) is 0. The van der Waals surface area contributed by atoms with Gasteiger partial charge in [-0.25, -0.2) is 14.3 Å². The van der Waals surface area contributed by atoms with E-state index in [1.807, 2.05) is 0 Å². The lowest BCUT2D eigenvalue weighted by molar-refractivity contribution is 0.0955. The van der Waals surface area contributed by atoms with Crippen LogP contribution in [0.5, 0.6) is 5.88 Å². The van der Waals surface area contributed by atoms with Gasteiger partial charge in [0.15, 0.2) is 0 Å². The van der Waals surface area contributed by atoms with Crippen molar-refractivity contribution in [2.75, 3.05) is 0 Å². The zero-order chi connectivity index (χ0) is 11.7. The van der Waals surface area contributed by atoms with E-state index >= 15 is 0 Å². The number of aromatic hydroxyl groups is 1. The molecule has 0 aliphatic carbocycles. The first-order valence-corrected chi connectivity index (χ1v) is 4.62. The second kappa shape index (κ2) is 3.82. The third-order valence-corrected chi connectivity index (χ3v) is 2.12. The van der Waals surface area contributed by atoms with E-state index in [1.54, 1.807) is 0 Å². The minimum absolute atomic E-state index is 0.200. The van der Waals surface area contributed by atoms with Crippen molar-refractivity contribution in [3.05, 3.63) is 45.7 Å². The van der Waals surface area contributed by atoms with Crippen LogP contribution in [-0.4, -0.2) is 25.5 Å². The molecule has 0 radical (unpaired) electrons. The summed E-state index contributed by atoms with van der Waals surface area (Å²) in [5.41, 5.74) is -0.511. The van der Waals surface area contributed by atoms with Crippen molar-refractivity contribution < 1.29 is 9.90 Å². The van der Waals surface area contributed by atoms with Crippen molar-refractivity contribution in [3.63, 3.8) is 0 Å². The van der Waals surface area contributed by atoms with Crippen LogP contribution in [0.15, 0.2) is 29.3 Å². The number of halogens is 1. The van der Waals surface area contributed by atoms with Gasteiger partial charge < -0.3 is 5.11 Å². The van der Waals surface area contributed by atoms with Gasteiger partial charge in [0.2, 0.25) is 5.88 Å². The van der Waals surface area contributed by atoms with Crippen LogP contribution in [0.4, 0.5) is 0 Å². The van der Waals surface area contributed by atoms with Crippen molar-refractivity contribution >= 4 is 17.5 Å². The van der Waals surface area contributed by atoms with Crippen LogP contribution < -0.4 is 5.69 Å². The molecule has 2 rings (SSSR count). The molecule has 2 heterocycles. The summed E-state index contributed by atoms with van der Waals surface area (Å²) in [5, 5.41) is 9.26. The molecule has 2 aromatic heterocycles. The lowest BCUT2D eigenvalue weighted by atomic mass is 10.3. The van der Waals surface area contributed by atoms with Gasteiger partial charge in [-0.05, 0) is 12.1 Å². The summed E-state index contributed by atoms with van der Waals surface area (Å²) in [5.74, 6) is -0.967. The monoisotopic (exact) mass is 239 g/mol. The normalized spacial score (nSPS) is 10.3. The van der Waals surface area contributed by atoms with E-state index in [4.69, 9.17) is 16.7 Å². The van der Waals surface area contributed by atoms with Gasteiger partial charge in [-0.1, -0.05) is 11.6 Å². The Morgan fingerprint density at radius 3 is 2.75 bits per heavy atom. The highest BCUT2D eigenvalue weighted by molar-refractivity contribution is 6.29. The highest BCUT2D eigenvalue weighted by Gasteiger charge is 2.12. The SMILES string of the molecule is O=C(c1ccc(Cl)nc1)n1cc(O)[nH]c1=O. The maximum atomic E-state index is 11.7. The molecule has 0 aliphatic heterocycles. The molecule has 16 heavy (non-hydrogen) atoms. The van der Waals surface area contributed by atoms with Crippen LogP contribution in [0.2, 0.25) is 5.15 Å². The molecule has 0 aromatic carbocycles. The molecule has 0 saturated carbocycles. The van der Waals surface area contributed by atoms with E-state index in [-0.39, 0.29) is 16.6 Å². The number of pyridine rings is 1. The van der Waals surface area contributed by atoms with Crippen molar-refractivity contribution in [2.24, 2.45) is 0 Å². The largest absolute Gasteiger partial charge is 0.493 e. The van der Waals surface area contributed by atoms with E-state index in [0.717, 1.165) is 10.8 Å². The van der Waals surface area contributed by atoms with Crippen molar-refractivity contribution in [2.45, 2.75) is 0 Å². The fourth-order valence-electron chi connectivity index (χ4n) is 1.18. The molecular weight excluding hydrogens is 234 g/mol. The summed E-state index contributed by atoms with van der Waals surface area (Å²) < 4.78 is 0.750. The number of H-pyrrole nitrogens is 1. The van der Waals surface area contributed by atoms with Crippen LogP contribution in [0.1, 0.15) is 10.4 Å². The molecule has 0 atom stereocenters. The van der Waals surface area contributed by atoms with E-state index in [9.17, 15) is 9.59 Å². The van der Waals surface area contributed by atoms with E-state index in [1.165, 1.54) is 18.3 Å². The van der Waals surface area contributed by atoms with Crippen LogP contribution >= 0.6 is 11.6 Å². The zero-order valence-electron chi connectivity index (χ0n) is 7.85. The Hall–Kier alpha value is -2.08. The van der Waals surface area contributed by atoms with Crippen LogP contribution in [0, 0.1) is 0 Å². The molecule has 0 spiro atoms. The van der Waals surface area contributed by atoms with Gasteiger partial charge in [0.25, 0.3) is 5.91 Å². The number of imidazole rings is 1. The number of nitrogens with zero attached hydrogens (tertiary/aromatic N) is 2. The number of hydrogen-bond donors (Lipinski definition) is 2. The van der Waals surface area contributed by atoms with Crippen molar-refractivity contribution in [1.82, 2.24) is 14.5 Å². The number of carbonyl (C=O) groups is 1. The van der Waals surface area contributed by atoms with Gasteiger partial charge in [-0.3, -0.25) is 9.78 Å². The van der Waals surface area contributed by atoms with Crippen LogP contribution in [0.25, 0.3) is 0 Å². The number of carbonyl (C=O) groups excluding carboxylic acids is 1. The first-order valence-electron chi connectivity index (χ1n) is 4.25. The molecular formula is C9H6ClN3O3. The number of hydrogen-bond acceptors (Lipinski definition) is 4. The predicted molar refractivity (Wildman–Crippen MR) is 55.7 cm³/mol. The smallest absolute Gasteiger partial charge is 0.335 e. The maximum Gasteiger partial charge on any atom is 0.335 e. The Morgan fingerprint density at radius 2 is 2.25 bits per heavy atom. The van der Waals surface area contributed by atoms with E-state index in [0.29, 0.717) is 0 Å². The van der Waals surface area contributed by atoms with Gasteiger partial charge in [0.1, 0.15) is 5.15 Å². The molecule has 7 heteroatoms. The molecule has 0 aliphatic rings. The first-order chi connectivity index (χ1) is 7.58. The first kappa shape index (κ1) is 10.4. The minimum atomic E-state index is -0.711. The van der Waals surface area contributed by atoms with Gasteiger partial charge in [-0.2, -0.15) is 0 Å². The highest BCUT2D eigenvalue weighted by atomic mass is 35.5. The summed E-state index contributed by atoms with van der Waals surface area (Å²) in [4.78, 5) is 28.7. The number of rotatable bonds is 1. The molecule has 0 amide bonds. The molecule has 0 bridgehead atoms. The predicted octanol–water partition coefficient (Wildman–Crippen LogP) is 0.619. The average Bonchev–Trinajstić information content (AvgIpc) is 2.58. The summed E-state index contributed by atoms with van der Waals surface area (Å²) >= 11 is 5.56. The number of aromatic nitrogens is 3. The summed E-state index contributed by atoms with van der Waals surface area (Å²) in [6.45, 7) is 0. The standard InChI is InChI=1S/C9H6ClN3O3/c10-6-2-1-5(3-11-6)8(15)13-4-7(14)12-9(13)16/h1-4,14H,(H,12,16). The molecule has 82 valence electrons. The molecule has 0 unspecified atom stereocenters. The summed E-state index contributed by atoms with van der Waals surface area (Å²) in [6, 6.07) is 2.88. The Bertz CT molecular complexity index is 585. The van der Waals surface area contributed by atoms with E-state index in [2.05, 4.69) is 9.97 Å². The second-order valence-corrected chi connectivity index (χ2v) is 3.38. The van der Waals surface area contributed by atoms with Crippen molar-refractivity contribution in [1.29, 1.82) is 0 Å². The Morgan fingerprint density at radius 1 is 1.50 bits per heavy atom. The lowest BCUT2D eigenvalue weighted by Crippen LogP contribution is -2.24. The molecule has 2 N–H and O–H groups in total. The van der Waals surface area contributed by atoms with Crippen LogP contribution in [0.3, 0.4) is 0 Å². The molecule has 6 nitrogen and oxygen atoms in total. The number of aromatic amines is 1. The third kappa shape index (κ3) is 1.82. The Balaban J connectivity index is 2.43. The third-order valence-electron chi connectivity index (χ3n) is 1.90. The summed E-state index contributed by atoms with van der Waals surface area (Å²) in [7, 11) is 0. The van der Waals surface area contributed by atoms with Crippen molar-refractivity contribution in [3.8, 4) is 5.88 Å². The zero-order valence-corrected chi connectivity index (χ0v) is 8.60. The molecule has 0 fully saturated rings. The van der Waals surface area contributed by atoms with Gasteiger partial charge in [0, 0.05) is 6.20 Å². The summed E-state index contributed by atoms with van der Waals surface area (Å²) in [6.07, 6.45) is 2.25. The highest BCUT2D eigenvalue weighted by Crippen LogP contribution is 2.07. The van der Waals surface area contributed by atoms with Gasteiger partial charge in [0.05, 0.1) is 11.8 Å². The fourth-order valence-corrected chi connectivity index (χ4v) is 1.29. The Labute approximate surface area is 94.1 Å². The average molecular weight is 240 g/mol. The minimum Gasteiger partial charge on any atom is -0.493 e. The van der Waals surface area contributed by atoms with E-state index < -0.39 is 11.6 Å². The Kier molecular flexibility index (Phi) is 2.49. The molecule has 0 saturated heterocycles. The second-order valence-electron chi connectivity index (χ2n) is 2.99. The van der Waals surface area contributed by atoms with Gasteiger partial charge >= 0.3 is 5.69 Å². The number of nitrogens with one attached hydrogen (secondary N) is 1.